The molecule has 1 heterocycles. The molecule has 1 aliphatic rings. The van der Waals surface area contributed by atoms with E-state index in [1.807, 2.05) is 25.2 Å². The van der Waals surface area contributed by atoms with Crippen molar-refractivity contribution in [3.05, 3.63) is 63.1 Å². The van der Waals surface area contributed by atoms with Crippen molar-refractivity contribution in [3.8, 4) is 0 Å². The number of benzene rings is 2. The molecule has 2 aromatic carbocycles. The molecule has 134 valence electrons. The van der Waals surface area contributed by atoms with E-state index in [1.54, 1.807) is 25.1 Å². The SMILES string of the molecule is CCNS(=O)(=O)c1ccc(C2CN(C)Cc3c(Cl)cc(Cl)cc32)cc1. The van der Waals surface area contributed by atoms with Crippen molar-refractivity contribution >= 4 is 33.2 Å². The third-order valence-electron chi connectivity index (χ3n) is 4.42. The lowest BCUT2D eigenvalue weighted by Gasteiger charge is -2.33. The molecule has 3 rings (SSSR count). The van der Waals surface area contributed by atoms with E-state index in [0.29, 0.717) is 16.6 Å². The van der Waals surface area contributed by atoms with E-state index in [2.05, 4.69) is 9.62 Å². The smallest absolute Gasteiger partial charge is 0.240 e. The highest BCUT2D eigenvalue weighted by molar-refractivity contribution is 7.89. The van der Waals surface area contributed by atoms with E-state index in [1.165, 1.54) is 0 Å². The van der Waals surface area contributed by atoms with Crippen molar-refractivity contribution in [3.63, 3.8) is 0 Å². The average Bonchev–Trinajstić information content (AvgIpc) is 2.55. The summed E-state index contributed by atoms with van der Waals surface area (Å²) in [6, 6.07) is 10.8. The van der Waals surface area contributed by atoms with Gasteiger partial charge in [0.15, 0.2) is 0 Å². The maximum absolute atomic E-state index is 12.1. The van der Waals surface area contributed by atoms with Gasteiger partial charge in [-0.2, -0.15) is 0 Å². The number of fused-ring (bicyclic) bond motifs is 1. The molecule has 0 saturated carbocycles. The second-order valence-electron chi connectivity index (χ2n) is 6.28. The average molecular weight is 399 g/mol. The highest BCUT2D eigenvalue weighted by atomic mass is 35.5. The normalized spacial score (nSPS) is 18.2. The number of sulfonamides is 1. The van der Waals surface area contributed by atoms with Crippen molar-refractivity contribution in [2.24, 2.45) is 0 Å². The Kier molecular flexibility index (Phi) is 5.42. The van der Waals surface area contributed by atoms with Gasteiger partial charge in [0, 0.05) is 35.6 Å². The molecule has 0 bridgehead atoms. The molecule has 1 N–H and O–H groups in total. The topological polar surface area (TPSA) is 49.4 Å². The lowest BCUT2D eigenvalue weighted by molar-refractivity contribution is 0.295. The Bertz CT molecular complexity index is 883. The Morgan fingerprint density at radius 2 is 1.88 bits per heavy atom. The molecule has 1 unspecified atom stereocenters. The molecule has 2 aromatic rings. The summed E-state index contributed by atoms with van der Waals surface area (Å²) >= 11 is 12.6. The first kappa shape index (κ1) is 18.7. The van der Waals surface area contributed by atoms with Crippen LogP contribution in [0.15, 0.2) is 41.3 Å². The zero-order chi connectivity index (χ0) is 18.2. The number of hydrogen-bond acceptors (Lipinski definition) is 3. The van der Waals surface area contributed by atoms with Gasteiger partial charge in [-0.05, 0) is 48.0 Å². The van der Waals surface area contributed by atoms with Gasteiger partial charge in [0.05, 0.1) is 4.90 Å². The van der Waals surface area contributed by atoms with E-state index < -0.39 is 10.0 Å². The van der Waals surface area contributed by atoms with Crippen LogP contribution in [0.3, 0.4) is 0 Å². The number of hydrogen-bond donors (Lipinski definition) is 1. The highest BCUT2D eigenvalue weighted by Crippen LogP contribution is 2.38. The summed E-state index contributed by atoms with van der Waals surface area (Å²) < 4.78 is 26.7. The van der Waals surface area contributed by atoms with E-state index in [9.17, 15) is 8.42 Å². The van der Waals surface area contributed by atoms with Gasteiger partial charge >= 0.3 is 0 Å². The van der Waals surface area contributed by atoms with Gasteiger partial charge in [0.25, 0.3) is 0 Å². The first-order chi connectivity index (χ1) is 11.8. The van der Waals surface area contributed by atoms with Gasteiger partial charge in [-0.25, -0.2) is 13.1 Å². The van der Waals surface area contributed by atoms with Crippen LogP contribution < -0.4 is 4.72 Å². The summed E-state index contributed by atoms with van der Waals surface area (Å²) in [4.78, 5) is 2.47. The van der Waals surface area contributed by atoms with Crippen LogP contribution in [0.25, 0.3) is 0 Å². The lowest BCUT2D eigenvalue weighted by Crippen LogP contribution is -2.31. The van der Waals surface area contributed by atoms with Crippen molar-refractivity contribution in [2.45, 2.75) is 24.3 Å². The summed E-state index contributed by atoms with van der Waals surface area (Å²) in [7, 11) is -1.40. The van der Waals surface area contributed by atoms with Crippen molar-refractivity contribution in [1.82, 2.24) is 9.62 Å². The molecule has 1 aliphatic heterocycles. The fraction of sp³-hybridized carbons (Fsp3) is 0.333. The van der Waals surface area contributed by atoms with Gasteiger partial charge < -0.3 is 4.90 Å². The Morgan fingerprint density at radius 3 is 2.52 bits per heavy atom. The summed E-state index contributed by atoms with van der Waals surface area (Å²) in [5.41, 5.74) is 3.23. The number of likely N-dealkylation sites (N-methyl/N-ethyl adjacent to an activating group) is 1. The van der Waals surface area contributed by atoms with Crippen LogP contribution in [0.5, 0.6) is 0 Å². The molecule has 0 radical (unpaired) electrons. The molecular formula is C18H20Cl2N2O2S. The quantitative estimate of drug-likeness (QED) is 0.849. The minimum absolute atomic E-state index is 0.0980. The van der Waals surface area contributed by atoms with Gasteiger partial charge in [-0.15, -0.1) is 0 Å². The van der Waals surface area contributed by atoms with E-state index in [-0.39, 0.29) is 10.8 Å². The molecule has 0 saturated heterocycles. The maximum atomic E-state index is 12.1. The molecule has 0 aliphatic carbocycles. The van der Waals surface area contributed by atoms with Crippen molar-refractivity contribution < 1.29 is 8.42 Å². The molecule has 25 heavy (non-hydrogen) atoms. The summed E-state index contributed by atoms with van der Waals surface area (Å²) in [5, 5.41) is 1.29. The van der Waals surface area contributed by atoms with Crippen LogP contribution in [0.1, 0.15) is 29.5 Å². The second kappa shape index (κ2) is 7.25. The molecule has 0 aromatic heterocycles. The number of rotatable bonds is 4. The zero-order valence-corrected chi connectivity index (χ0v) is 16.4. The van der Waals surface area contributed by atoms with Gasteiger partial charge in [-0.3, -0.25) is 0 Å². The van der Waals surface area contributed by atoms with E-state index in [4.69, 9.17) is 23.2 Å². The second-order valence-corrected chi connectivity index (χ2v) is 8.89. The molecule has 0 fully saturated rings. The van der Waals surface area contributed by atoms with Gasteiger partial charge in [-0.1, -0.05) is 42.3 Å². The van der Waals surface area contributed by atoms with Crippen LogP contribution in [-0.4, -0.2) is 33.5 Å². The molecule has 0 spiro atoms. The van der Waals surface area contributed by atoms with Gasteiger partial charge in [0.2, 0.25) is 10.0 Å². The molecular weight excluding hydrogens is 379 g/mol. The van der Waals surface area contributed by atoms with Crippen LogP contribution in [0, 0.1) is 0 Å². The maximum Gasteiger partial charge on any atom is 0.240 e. The predicted molar refractivity (Wildman–Crippen MR) is 102 cm³/mol. The third-order valence-corrected chi connectivity index (χ3v) is 6.54. The first-order valence-corrected chi connectivity index (χ1v) is 10.3. The van der Waals surface area contributed by atoms with Crippen LogP contribution in [-0.2, 0) is 16.6 Å². The highest BCUT2D eigenvalue weighted by Gasteiger charge is 2.27. The number of halogens is 2. The summed E-state index contributed by atoms with van der Waals surface area (Å²) in [5.74, 6) is 0.0980. The Labute approximate surface area is 158 Å². The number of nitrogens with one attached hydrogen (secondary N) is 1. The standard InChI is InChI=1S/C18H20Cl2N2O2S/c1-3-21-25(23,24)14-6-4-12(5-7-14)16-10-22(2)11-17-15(16)8-13(19)9-18(17)20/h4-9,16,21H,3,10-11H2,1-2H3. The summed E-state index contributed by atoms with van der Waals surface area (Å²) in [6.45, 7) is 3.72. The van der Waals surface area contributed by atoms with Crippen LogP contribution >= 0.6 is 23.2 Å². The first-order valence-electron chi connectivity index (χ1n) is 8.08. The fourth-order valence-corrected chi connectivity index (χ4v) is 4.89. The Morgan fingerprint density at radius 1 is 1.20 bits per heavy atom. The van der Waals surface area contributed by atoms with E-state index in [0.717, 1.165) is 29.8 Å². The van der Waals surface area contributed by atoms with Crippen LogP contribution in [0.2, 0.25) is 10.0 Å². The largest absolute Gasteiger partial charge is 0.301 e. The Hall–Kier alpha value is -1.11. The monoisotopic (exact) mass is 398 g/mol. The van der Waals surface area contributed by atoms with Crippen molar-refractivity contribution in [2.75, 3.05) is 20.1 Å². The molecule has 1 atom stereocenters. The van der Waals surface area contributed by atoms with Crippen molar-refractivity contribution in [1.29, 1.82) is 0 Å². The Balaban J connectivity index is 2.01. The number of nitrogens with zero attached hydrogens (tertiary/aromatic N) is 1. The van der Waals surface area contributed by atoms with Crippen LogP contribution in [0.4, 0.5) is 0 Å². The van der Waals surface area contributed by atoms with E-state index >= 15 is 0 Å². The third kappa shape index (κ3) is 3.86. The molecule has 0 amide bonds. The lowest BCUT2D eigenvalue weighted by atomic mass is 9.85. The predicted octanol–water partition coefficient (Wildman–Crippen LogP) is 3.87. The zero-order valence-electron chi connectivity index (χ0n) is 14.1. The van der Waals surface area contributed by atoms with Gasteiger partial charge in [0.1, 0.15) is 0 Å². The fourth-order valence-electron chi connectivity index (χ4n) is 3.28. The molecule has 7 heteroatoms. The minimum Gasteiger partial charge on any atom is -0.301 e. The molecule has 4 nitrogen and oxygen atoms in total. The summed E-state index contributed by atoms with van der Waals surface area (Å²) in [6.07, 6.45) is 0. The minimum atomic E-state index is -3.45.